The van der Waals surface area contributed by atoms with E-state index in [0.29, 0.717) is 6.42 Å². The summed E-state index contributed by atoms with van der Waals surface area (Å²) in [6, 6.07) is 5.41. The lowest BCUT2D eigenvalue weighted by Gasteiger charge is -2.17. The third-order valence-electron chi connectivity index (χ3n) is 2.51. The van der Waals surface area contributed by atoms with E-state index in [-0.39, 0.29) is 0 Å². The third kappa shape index (κ3) is 2.72. The second kappa shape index (κ2) is 4.82. The summed E-state index contributed by atoms with van der Waals surface area (Å²) >= 11 is 0. The monoisotopic (exact) mass is 207 g/mol. The first-order chi connectivity index (χ1) is 7.06. The maximum atomic E-state index is 10.9. The Kier molecular flexibility index (Phi) is 3.72. The molecular formula is C12H17NO2. The molecule has 0 aliphatic carbocycles. The van der Waals surface area contributed by atoms with Gasteiger partial charge in [-0.1, -0.05) is 25.1 Å². The Morgan fingerprint density at radius 1 is 1.40 bits per heavy atom. The molecule has 0 saturated heterocycles. The molecule has 0 aliphatic heterocycles. The Morgan fingerprint density at radius 2 is 1.93 bits per heavy atom. The van der Waals surface area contributed by atoms with Crippen LogP contribution >= 0.6 is 0 Å². The summed E-state index contributed by atoms with van der Waals surface area (Å²) in [7, 11) is 0. The number of hydrogen-bond donors (Lipinski definition) is 2. The molecule has 1 atom stereocenters. The molecule has 0 amide bonds. The zero-order valence-electron chi connectivity index (χ0n) is 9.37. The van der Waals surface area contributed by atoms with Crippen molar-refractivity contribution >= 4 is 11.7 Å². The summed E-state index contributed by atoms with van der Waals surface area (Å²) in [5, 5.41) is 12.0. The predicted octanol–water partition coefficient (Wildman–Crippen LogP) is 2.58. The van der Waals surface area contributed by atoms with Crippen LogP contribution < -0.4 is 5.32 Å². The number of aliphatic carboxylic acids is 1. The van der Waals surface area contributed by atoms with Crippen molar-refractivity contribution in [2.45, 2.75) is 33.2 Å². The molecule has 3 heteroatoms. The van der Waals surface area contributed by atoms with Gasteiger partial charge in [0.2, 0.25) is 0 Å². The molecule has 82 valence electrons. The normalized spacial score (nSPS) is 12.2. The molecule has 1 aromatic carbocycles. The smallest absolute Gasteiger partial charge is 0.326 e. The van der Waals surface area contributed by atoms with Crippen molar-refractivity contribution in [3.63, 3.8) is 0 Å². The average Bonchev–Trinajstić information content (AvgIpc) is 2.17. The fraction of sp³-hybridized carbons (Fsp3) is 0.417. The zero-order valence-corrected chi connectivity index (χ0v) is 9.37. The van der Waals surface area contributed by atoms with Crippen molar-refractivity contribution in [3.05, 3.63) is 29.3 Å². The fourth-order valence-electron chi connectivity index (χ4n) is 1.55. The summed E-state index contributed by atoms with van der Waals surface area (Å²) in [5.41, 5.74) is 3.09. The van der Waals surface area contributed by atoms with E-state index in [1.165, 1.54) is 0 Å². The maximum absolute atomic E-state index is 10.9. The van der Waals surface area contributed by atoms with Gasteiger partial charge in [0, 0.05) is 5.69 Å². The molecule has 15 heavy (non-hydrogen) atoms. The summed E-state index contributed by atoms with van der Waals surface area (Å²) < 4.78 is 0. The lowest BCUT2D eigenvalue weighted by atomic mass is 10.1. The van der Waals surface area contributed by atoms with Gasteiger partial charge in [0.1, 0.15) is 6.04 Å². The molecule has 1 rings (SSSR count). The Hall–Kier alpha value is -1.51. The van der Waals surface area contributed by atoms with E-state index in [1.54, 1.807) is 0 Å². The predicted molar refractivity (Wildman–Crippen MR) is 61.3 cm³/mol. The molecular weight excluding hydrogens is 190 g/mol. The van der Waals surface area contributed by atoms with Gasteiger partial charge in [-0.2, -0.15) is 0 Å². The largest absolute Gasteiger partial charge is 0.480 e. The standard InChI is InChI=1S/C12H17NO2/c1-4-10(12(14)15)13-11-8(2)6-5-7-9(11)3/h5-7,10,13H,4H2,1-3H3,(H,14,15)/t10-/m0/s1. The molecule has 0 aliphatic rings. The fourth-order valence-corrected chi connectivity index (χ4v) is 1.55. The van der Waals surface area contributed by atoms with Crippen molar-refractivity contribution < 1.29 is 9.90 Å². The molecule has 0 radical (unpaired) electrons. The number of para-hydroxylation sites is 1. The molecule has 0 saturated carbocycles. The second-order valence-corrected chi connectivity index (χ2v) is 3.71. The number of nitrogens with one attached hydrogen (secondary N) is 1. The molecule has 0 spiro atoms. The Morgan fingerprint density at radius 3 is 2.33 bits per heavy atom. The number of carboxylic acid groups (broad SMARTS) is 1. The minimum atomic E-state index is -0.805. The van der Waals surface area contributed by atoms with E-state index in [2.05, 4.69) is 5.32 Å². The molecule has 0 bridgehead atoms. The van der Waals surface area contributed by atoms with Crippen LogP contribution in [0.2, 0.25) is 0 Å². The first kappa shape index (κ1) is 11.6. The van der Waals surface area contributed by atoms with Crippen molar-refractivity contribution in [2.24, 2.45) is 0 Å². The molecule has 0 fully saturated rings. The van der Waals surface area contributed by atoms with Gasteiger partial charge in [-0.05, 0) is 31.4 Å². The quantitative estimate of drug-likeness (QED) is 0.797. The number of carboxylic acids is 1. The highest BCUT2D eigenvalue weighted by atomic mass is 16.4. The minimum Gasteiger partial charge on any atom is -0.480 e. The Labute approximate surface area is 90.1 Å². The van der Waals surface area contributed by atoms with E-state index in [4.69, 9.17) is 5.11 Å². The van der Waals surface area contributed by atoms with Crippen LogP contribution in [-0.4, -0.2) is 17.1 Å². The van der Waals surface area contributed by atoms with E-state index >= 15 is 0 Å². The van der Waals surface area contributed by atoms with E-state index in [0.717, 1.165) is 16.8 Å². The van der Waals surface area contributed by atoms with Crippen LogP contribution in [0.25, 0.3) is 0 Å². The summed E-state index contributed by atoms with van der Waals surface area (Å²) in [6.45, 7) is 5.81. The van der Waals surface area contributed by atoms with Gasteiger partial charge in [0.05, 0.1) is 0 Å². The highest BCUT2D eigenvalue weighted by molar-refractivity contribution is 5.78. The topological polar surface area (TPSA) is 49.3 Å². The van der Waals surface area contributed by atoms with Gasteiger partial charge in [0.15, 0.2) is 0 Å². The molecule has 2 N–H and O–H groups in total. The van der Waals surface area contributed by atoms with E-state index in [9.17, 15) is 4.79 Å². The van der Waals surface area contributed by atoms with Crippen LogP contribution in [0.1, 0.15) is 24.5 Å². The van der Waals surface area contributed by atoms with E-state index in [1.807, 2.05) is 39.0 Å². The van der Waals surface area contributed by atoms with Crippen molar-refractivity contribution in [3.8, 4) is 0 Å². The van der Waals surface area contributed by atoms with Gasteiger partial charge in [-0.3, -0.25) is 0 Å². The Balaban J connectivity index is 2.92. The maximum Gasteiger partial charge on any atom is 0.326 e. The van der Waals surface area contributed by atoms with E-state index < -0.39 is 12.0 Å². The van der Waals surface area contributed by atoms with Gasteiger partial charge in [-0.25, -0.2) is 4.79 Å². The number of anilines is 1. The molecule has 1 aromatic rings. The van der Waals surface area contributed by atoms with Crippen molar-refractivity contribution in [1.82, 2.24) is 0 Å². The highest BCUT2D eigenvalue weighted by Gasteiger charge is 2.15. The zero-order chi connectivity index (χ0) is 11.4. The summed E-state index contributed by atoms with van der Waals surface area (Å²) in [5.74, 6) is -0.805. The van der Waals surface area contributed by atoms with Crippen LogP contribution in [0, 0.1) is 13.8 Å². The van der Waals surface area contributed by atoms with Gasteiger partial charge in [0.25, 0.3) is 0 Å². The average molecular weight is 207 g/mol. The number of benzene rings is 1. The first-order valence-electron chi connectivity index (χ1n) is 5.11. The second-order valence-electron chi connectivity index (χ2n) is 3.71. The molecule has 3 nitrogen and oxygen atoms in total. The molecule has 0 unspecified atom stereocenters. The van der Waals surface area contributed by atoms with Crippen LogP contribution in [0.5, 0.6) is 0 Å². The lowest BCUT2D eigenvalue weighted by molar-refractivity contribution is -0.137. The molecule has 0 aromatic heterocycles. The number of carbonyl (C=O) groups is 1. The van der Waals surface area contributed by atoms with Gasteiger partial charge < -0.3 is 10.4 Å². The number of hydrogen-bond acceptors (Lipinski definition) is 2. The molecule has 0 heterocycles. The van der Waals surface area contributed by atoms with Crippen LogP contribution in [0.3, 0.4) is 0 Å². The van der Waals surface area contributed by atoms with Crippen LogP contribution in [-0.2, 0) is 4.79 Å². The summed E-state index contributed by atoms with van der Waals surface area (Å²) in [6.07, 6.45) is 0.573. The first-order valence-corrected chi connectivity index (χ1v) is 5.11. The van der Waals surface area contributed by atoms with Gasteiger partial charge in [-0.15, -0.1) is 0 Å². The minimum absolute atomic E-state index is 0.509. The third-order valence-corrected chi connectivity index (χ3v) is 2.51. The summed E-state index contributed by atoms with van der Waals surface area (Å²) in [4.78, 5) is 10.9. The van der Waals surface area contributed by atoms with Crippen molar-refractivity contribution in [2.75, 3.05) is 5.32 Å². The lowest BCUT2D eigenvalue weighted by Crippen LogP contribution is -2.28. The number of rotatable bonds is 4. The number of aryl methyl sites for hydroxylation is 2. The highest BCUT2D eigenvalue weighted by Crippen LogP contribution is 2.20. The van der Waals surface area contributed by atoms with Gasteiger partial charge >= 0.3 is 5.97 Å². The Bertz CT molecular complexity index is 340. The SMILES string of the molecule is CC[C@H](Nc1c(C)cccc1C)C(=O)O. The van der Waals surface area contributed by atoms with Crippen LogP contribution in [0.15, 0.2) is 18.2 Å². The van der Waals surface area contributed by atoms with Crippen LogP contribution in [0.4, 0.5) is 5.69 Å². The van der Waals surface area contributed by atoms with Crippen molar-refractivity contribution in [1.29, 1.82) is 0 Å².